The quantitative estimate of drug-likeness (QED) is 0.148. The molecule has 2 atom stereocenters. The van der Waals surface area contributed by atoms with Crippen molar-refractivity contribution < 1.29 is 0 Å². The van der Waals surface area contributed by atoms with Crippen molar-refractivity contribution in [3.8, 4) is 22.3 Å². The Morgan fingerprint density at radius 1 is 0.441 bits per heavy atom. The van der Waals surface area contributed by atoms with Crippen molar-refractivity contribution in [3.05, 3.63) is 178 Å². The van der Waals surface area contributed by atoms with Gasteiger partial charge in [-0.1, -0.05) is 210 Å². The van der Waals surface area contributed by atoms with E-state index in [1.807, 2.05) is 0 Å². The van der Waals surface area contributed by atoms with Gasteiger partial charge >= 0.3 is 0 Å². The van der Waals surface area contributed by atoms with Crippen LogP contribution < -0.4 is 0 Å². The standard InChI is InChI=1S/C59H62/c1-36(51(38-17-25-45(26-18-38)57(5,6)7)31-37-13-23-44(24-14-37)56(2,3)4)40-20-28-48-49-29-21-41(35-53(49)59(11,12)52(48)34-40)47-27-19-39-15-16-42-32-46(58(8,9)10)33-43-22-30-50(47)55(39)54(42)43/h13-30,32-36,51H,31H2,1-12H3. The van der Waals surface area contributed by atoms with E-state index >= 15 is 0 Å². The minimum atomic E-state index is -0.129. The second kappa shape index (κ2) is 13.7. The van der Waals surface area contributed by atoms with Crippen molar-refractivity contribution in [2.75, 3.05) is 0 Å². The van der Waals surface area contributed by atoms with Gasteiger partial charge < -0.3 is 0 Å². The van der Waals surface area contributed by atoms with Crippen LogP contribution in [0.3, 0.4) is 0 Å². The molecular formula is C59H62. The summed E-state index contributed by atoms with van der Waals surface area (Å²) >= 11 is 0. The Morgan fingerprint density at radius 3 is 1.54 bits per heavy atom. The highest BCUT2D eigenvalue weighted by molar-refractivity contribution is 6.25. The van der Waals surface area contributed by atoms with Crippen LogP contribution in [0.4, 0.5) is 0 Å². The average molecular weight is 771 g/mol. The van der Waals surface area contributed by atoms with Gasteiger partial charge in [0.05, 0.1) is 0 Å². The molecular weight excluding hydrogens is 709 g/mol. The predicted octanol–water partition coefficient (Wildman–Crippen LogP) is 16.6. The smallest absolute Gasteiger partial charge is 0.0159 e. The van der Waals surface area contributed by atoms with Crippen molar-refractivity contribution in [1.82, 2.24) is 0 Å². The van der Waals surface area contributed by atoms with Gasteiger partial charge in [0.1, 0.15) is 0 Å². The molecule has 0 N–H and O–H groups in total. The second-order valence-electron chi connectivity index (χ2n) is 21.5. The topological polar surface area (TPSA) is 0 Å². The average Bonchev–Trinajstić information content (AvgIpc) is 3.42. The monoisotopic (exact) mass is 770 g/mol. The van der Waals surface area contributed by atoms with Crippen molar-refractivity contribution in [2.24, 2.45) is 0 Å². The van der Waals surface area contributed by atoms with Gasteiger partial charge in [-0.2, -0.15) is 0 Å². The summed E-state index contributed by atoms with van der Waals surface area (Å²) in [6, 6.07) is 52.5. The molecule has 0 heterocycles. The molecule has 1 aliphatic rings. The van der Waals surface area contributed by atoms with E-state index in [1.54, 1.807) is 0 Å². The number of fused-ring (bicyclic) bond motifs is 3. The van der Waals surface area contributed by atoms with E-state index in [9.17, 15) is 0 Å². The van der Waals surface area contributed by atoms with Crippen LogP contribution in [0.5, 0.6) is 0 Å². The fourth-order valence-electron chi connectivity index (χ4n) is 10.2. The van der Waals surface area contributed by atoms with Gasteiger partial charge in [0.2, 0.25) is 0 Å². The summed E-state index contributed by atoms with van der Waals surface area (Å²) in [4.78, 5) is 0. The van der Waals surface area contributed by atoms with Crippen molar-refractivity contribution in [1.29, 1.82) is 0 Å². The first-order valence-corrected chi connectivity index (χ1v) is 22.0. The number of hydrogen-bond acceptors (Lipinski definition) is 0. The Morgan fingerprint density at radius 2 is 0.932 bits per heavy atom. The molecule has 8 aromatic rings. The molecule has 0 bridgehead atoms. The lowest BCUT2D eigenvalue weighted by atomic mass is 9.75. The maximum atomic E-state index is 2.56. The minimum absolute atomic E-state index is 0.0994. The molecule has 1 aliphatic carbocycles. The molecule has 0 spiro atoms. The van der Waals surface area contributed by atoms with Crippen LogP contribution in [-0.2, 0) is 28.1 Å². The highest BCUT2D eigenvalue weighted by Gasteiger charge is 2.37. The van der Waals surface area contributed by atoms with E-state index in [0.717, 1.165) is 6.42 Å². The molecule has 0 fully saturated rings. The van der Waals surface area contributed by atoms with E-state index in [1.165, 1.54) is 99.1 Å². The van der Waals surface area contributed by atoms with Gasteiger partial charge in [-0.25, -0.2) is 0 Å². The highest BCUT2D eigenvalue weighted by atomic mass is 14.4. The van der Waals surface area contributed by atoms with Crippen molar-refractivity contribution in [2.45, 2.75) is 123 Å². The highest BCUT2D eigenvalue weighted by Crippen LogP contribution is 2.52. The largest absolute Gasteiger partial charge is 0.0587 e. The first kappa shape index (κ1) is 39.3. The number of rotatable bonds is 6. The zero-order valence-corrected chi connectivity index (χ0v) is 37.6. The lowest BCUT2D eigenvalue weighted by Gasteiger charge is -2.29. The maximum absolute atomic E-state index is 2.56. The number of hydrogen-bond donors (Lipinski definition) is 0. The molecule has 8 aromatic carbocycles. The SMILES string of the molecule is CC(c1ccc2c(c1)C(C)(C)c1cc(-c3ccc4ccc5cc(C(C)(C)C)cc6ccc3c4c56)ccc1-2)C(Cc1ccc(C(C)(C)C)cc1)c1ccc(C(C)(C)C)cc1. The number of benzene rings is 8. The van der Waals surface area contributed by atoms with Crippen LogP contribution in [-0.4, -0.2) is 0 Å². The lowest BCUT2D eigenvalue weighted by molar-refractivity contribution is 0.564. The van der Waals surface area contributed by atoms with Crippen LogP contribution in [0.15, 0.2) is 133 Å². The first-order valence-electron chi connectivity index (χ1n) is 22.0. The summed E-state index contributed by atoms with van der Waals surface area (Å²) in [5, 5.41) is 8.08. The van der Waals surface area contributed by atoms with Crippen LogP contribution in [0, 0.1) is 0 Å². The molecule has 9 rings (SSSR count). The van der Waals surface area contributed by atoms with E-state index in [0.29, 0.717) is 11.8 Å². The Balaban J connectivity index is 1.08. The van der Waals surface area contributed by atoms with Crippen LogP contribution in [0.25, 0.3) is 54.6 Å². The Hall–Kier alpha value is -5.20. The van der Waals surface area contributed by atoms with E-state index < -0.39 is 0 Å². The zero-order chi connectivity index (χ0) is 41.8. The third-order valence-corrected chi connectivity index (χ3v) is 14.1. The third kappa shape index (κ3) is 6.78. The summed E-state index contributed by atoms with van der Waals surface area (Å²) in [5.74, 6) is 0.672. The molecule has 0 radical (unpaired) electrons. The molecule has 298 valence electrons. The van der Waals surface area contributed by atoms with E-state index in [4.69, 9.17) is 0 Å². The first-order chi connectivity index (χ1) is 27.8. The Kier molecular flexibility index (Phi) is 9.10. The molecule has 0 saturated carbocycles. The van der Waals surface area contributed by atoms with Gasteiger partial charge in [-0.05, 0) is 140 Å². The summed E-state index contributed by atoms with van der Waals surface area (Å²) < 4.78 is 0. The summed E-state index contributed by atoms with van der Waals surface area (Å²) in [7, 11) is 0. The Bertz CT molecular complexity index is 2840. The summed E-state index contributed by atoms with van der Waals surface area (Å²) in [6.45, 7) is 28.1. The Labute approximate surface area is 354 Å². The molecule has 0 saturated heterocycles. The van der Waals surface area contributed by atoms with Crippen molar-refractivity contribution >= 4 is 32.3 Å². The molecule has 0 aliphatic heterocycles. The second-order valence-corrected chi connectivity index (χ2v) is 21.5. The maximum Gasteiger partial charge on any atom is 0.0159 e. The molecule has 0 nitrogen and oxygen atoms in total. The molecule has 0 heteroatoms. The van der Waals surface area contributed by atoms with Crippen molar-refractivity contribution in [3.63, 3.8) is 0 Å². The molecule has 59 heavy (non-hydrogen) atoms. The van der Waals surface area contributed by atoms with Crippen LogP contribution in [0.1, 0.15) is 139 Å². The molecule has 0 amide bonds. The van der Waals surface area contributed by atoms with E-state index in [-0.39, 0.29) is 21.7 Å². The van der Waals surface area contributed by atoms with Gasteiger partial charge in [-0.15, -0.1) is 0 Å². The van der Waals surface area contributed by atoms with Gasteiger partial charge in [0.15, 0.2) is 0 Å². The van der Waals surface area contributed by atoms with Gasteiger partial charge in [0, 0.05) is 5.41 Å². The minimum Gasteiger partial charge on any atom is -0.0587 e. The van der Waals surface area contributed by atoms with Gasteiger partial charge in [0.25, 0.3) is 0 Å². The predicted molar refractivity (Wildman–Crippen MR) is 257 cm³/mol. The van der Waals surface area contributed by atoms with E-state index in [2.05, 4.69) is 217 Å². The molecule has 2 unspecified atom stereocenters. The zero-order valence-electron chi connectivity index (χ0n) is 37.6. The summed E-state index contributed by atoms with van der Waals surface area (Å²) in [5.41, 5.74) is 16.8. The van der Waals surface area contributed by atoms with Crippen LogP contribution >= 0.6 is 0 Å². The van der Waals surface area contributed by atoms with Gasteiger partial charge in [-0.3, -0.25) is 0 Å². The fourth-order valence-corrected chi connectivity index (χ4v) is 10.2. The lowest BCUT2D eigenvalue weighted by Crippen LogP contribution is -2.17. The normalized spacial score (nSPS) is 15.2. The van der Waals surface area contributed by atoms with Crippen LogP contribution in [0.2, 0.25) is 0 Å². The molecule has 0 aromatic heterocycles. The third-order valence-electron chi connectivity index (χ3n) is 14.1. The fraction of sp³-hybridized carbons (Fsp3) is 0.322. The summed E-state index contributed by atoms with van der Waals surface area (Å²) in [6.07, 6.45) is 1.00.